The fraction of sp³-hybridized carbons (Fsp3) is 0.750. The zero-order valence-electron chi connectivity index (χ0n) is 11.4. The van der Waals surface area contributed by atoms with Gasteiger partial charge in [-0.05, 0) is 18.8 Å². The van der Waals surface area contributed by atoms with Crippen molar-refractivity contribution in [3.05, 3.63) is 0 Å². The average Bonchev–Trinajstić information content (AvgIpc) is 2.85. The maximum absolute atomic E-state index is 12.1. The predicted molar refractivity (Wildman–Crippen MR) is 66.0 cm³/mol. The van der Waals surface area contributed by atoms with Gasteiger partial charge in [-0.15, -0.1) is 0 Å². The topological polar surface area (TPSA) is 98.9 Å². The lowest BCUT2D eigenvalue weighted by Gasteiger charge is -2.27. The highest BCUT2D eigenvalue weighted by Gasteiger charge is 2.38. The summed E-state index contributed by atoms with van der Waals surface area (Å²) >= 11 is 0. The molecule has 0 unspecified atom stereocenters. The van der Waals surface area contributed by atoms with Gasteiger partial charge in [0.2, 0.25) is 5.91 Å². The molecule has 2 N–H and O–H groups in total. The van der Waals surface area contributed by atoms with Crippen LogP contribution in [-0.2, 0) is 19.1 Å². The van der Waals surface area contributed by atoms with Crippen LogP contribution < -0.4 is 5.73 Å². The molecule has 0 radical (unpaired) electrons. The summed E-state index contributed by atoms with van der Waals surface area (Å²) in [7, 11) is 1.11. The molecule has 0 saturated carbocycles. The van der Waals surface area contributed by atoms with Gasteiger partial charge in [-0.1, -0.05) is 13.8 Å². The van der Waals surface area contributed by atoms with Crippen molar-refractivity contribution in [2.75, 3.05) is 13.7 Å². The van der Waals surface area contributed by atoms with E-state index >= 15 is 0 Å². The number of rotatable bonds is 3. The maximum Gasteiger partial charge on any atom is 0.515 e. The van der Waals surface area contributed by atoms with Crippen molar-refractivity contribution in [1.82, 2.24) is 4.90 Å². The second-order valence-corrected chi connectivity index (χ2v) is 4.83. The molecule has 2 atom stereocenters. The molecule has 0 aromatic rings. The molecule has 7 heteroatoms. The molecule has 0 aromatic heterocycles. The number of hydrogen-bond acceptors (Lipinski definition) is 6. The van der Waals surface area contributed by atoms with E-state index in [4.69, 9.17) is 5.73 Å². The average molecular weight is 272 g/mol. The van der Waals surface area contributed by atoms with Crippen LogP contribution in [0.25, 0.3) is 0 Å². The van der Waals surface area contributed by atoms with Gasteiger partial charge in [-0.2, -0.15) is 0 Å². The Morgan fingerprint density at radius 3 is 2.47 bits per heavy atom. The molecule has 1 heterocycles. The lowest BCUT2D eigenvalue weighted by molar-refractivity contribution is -0.150. The largest absolute Gasteiger partial charge is 0.515 e. The van der Waals surface area contributed by atoms with Crippen molar-refractivity contribution in [1.29, 1.82) is 0 Å². The first-order valence-corrected chi connectivity index (χ1v) is 6.24. The molecular weight excluding hydrogens is 252 g/mol. The minimum Gasteiger partial charge on any atom is -0.437 e. The number of hydrogen-bond donors (Lipinski definition) is 1. The fourth-order valence-electron chi connectivity index (χ4n) is 1.94. The number of nitrogens with zero attached hydrogens (tertiary/aromatic N) is 1. The van der Waals surface area contributed by atoms with Gasteiger partial charge in [0.25, 0.3) is 0 Å². The van der Waals surface area contributed by atoms with Gasteiger partial charge in [-0.3, -0.25) is 4.79 Å². The first-order chi connectivity index (χ1) is 8.88. The third-order valence-electron chi connectivity index (χ3n) is 3.16. The van der Waals surface area contributed by atoms with Crippen LogP contribution in [0.1, 0.15) is 26.7 Å². The van der Waals surface area contributed by atoms with Crippen molar-refractivity contribution in [2.45, 2.75) is 38.8 Å². The number of amides is 1. The molecule has 7 nitrogen and oxygen atoms in total. The van der Waals surface area contributed by atoms with Crippen LogP contribution in [0, 0.1) is 5.92 Å². The molecule has 1 aliphatic rings. The van der Waals surface area contributed by atoms with Crippen LogP contribution >= 0.6 is 0 Å². The van der Waals surface area contributed by atoms with Crippen LogP contribution in [0.15, 0.2) is 0 Å². The zero-order valence-corrected chi connectivity index (χ0v) is 11.4. The van der Waals surface area contributed by atoms with Crippen molar-refractivity contribution < 1.29 is 23.9 Å². The number of esters is 1. The minimum atomic E-state index is -1.07. The van der Waals surface area contributed by atoms with Crippen molar-refractivity contribution in [3.8, 4) is 0 Å². The minimum absolute atomic E-state index is 0.0228. The summed E-state index contributed by atoms with van der Waals surface area (Å²) in [4.78, 5) is 36.2. The Hall–Kier alpha value is -1.63. The molecule has 108 valence electrons. The van der Waals surface area contributed by atoms with Gasteiger partial charge < -0.3 is 20.1 Å². The van der Waals surface area contributed by atoms with Crippen LogP contribution in [0.5, 0.6) is 0 Å². The van der Waals surface area contributed by atoms with Crippen LogP contribution in [-0.4, -0.2) is 48.7 Å². The van der Waals surface area contributed by atoms with E-state index < -0.39 is 24.2 Å². The lowest BCUT2D eigenvalue weighted by Crippen LogP contribution is -2.50. The second-order valence-electron chi connectivity index (χ2n) is 4.83. The van der Waals surface area contributed by atoms with Gasteiger partial charge >= 0.3 is 12.1 Å². The summed E-state index contributed by atoms with van der Waals surface area (Å²) in [5, 5.41) is 0. The molecule has 0 aromatic carbocycles. The van der Waals surface area contributed by atoms with Gasteiger partial charge in [-0.25, -0.2) is 9.59 Å². The summed E-state index contributed by atoms with van der Waals surface area (Å²) in [6, 6.07) is -1.41. The normalized spacial score (nSPS) is 20.3. The van der Waals surface area contributed by atoms with Crippen molar-refractivity contribution in [3.63, 3.8) is 0 Å². The number of methoxy groups -OCH3 is 1. The summed E-state index contributed by atoms with van der Waals surface area (Å²) in [6.45, 7) is 4.11. The highest BCUT2D eigenvalue weighted by Crippen LogP contribution is 2.20. The van der Waals surface area contributed by atoms with E-state index in [0.29, 0.717) is 19.4 Å². The lowest BCUT2D eigenvalue weighted by atomic mass is 10.0. The smallest absolute Gasteiger partial charge is 0.437 e. The SMILES string of the molecule is COC(=O)OC(=O)[C@@H]1CCCN1C(=O)[C@@H](N)C(C)C. The van der Waals surface area contributed by atoms with E-state index in [1.165, 1.54) is 4.90 Å². The quantitative estimate of drug-likeness (QED) is 0.585. The Labute approximate surface area is 112 Å². The molecule has 19 heavy (non-hydrogen) atoms. The monoisotopic (exact) mass is 272 g/mol. The van der Waals surface area contributed by atoms with Crippen LogP contribution in [0.4, 0.5) is 4.79 Å². The zero-order chi connectivity index (χ0) is 14.6. The number of carbonyl (C=O) groups is 3. The van der Waals surface area contributed by atoms with E-state index in [1.807, 2.05) is 13.8 Å². The van der Waals surface area contributed by atoms with Gasteiger partial charge in [0.05, 0.1) is 13.2 Å². The first-order valence-electron chi connectivity index (χ1n) is 6.24. The molecule has 1 fully saturated rings. The van der Waals surface area contributed by atoms with Crippen molar-refractivity contribution >= 4 is 18.0 Å². The Morgan fingerprint density at radius 1 is 1.32 bits per heavy atom. The number of ether oxygens (including phenoxy) is 2. The molecule has 1 aliphatic heterocycles. The van der Waals surface area contributed by atoms with E-state index in [1.54, 1.807) is 0 Å². The molecular formula is C12H20N2O5. The van der Waals surface area contributed by atoms with Gasteiger partial charge in [0.1, 0.15) is 6.04 Å². The summed E-state index contributed by atoms with van der Waals surface area (Å²) < 4.78 is 8.72. The van der Waals surface area contributed by atoms with Crippen LogP contribution in [0.2, 0.25) is 0 Å². The Balaban J connectivity index is 2.71. The fourth-order valence-corrected chi connectivity index (χ4v) is 1.94. The molecule has 0 bridgehead atoms. The third kappa shape index (κ3) is 3.66. The van der Waals surface area contributed by atoms with Gasteiger partial charge in [0.15, 0.2) is 0 Å². The van der Waals surface area contributed by atoms with Gasteiger partial charge in [0, 0.05) is 6.54 Å². The Morgan fingerprint density at radius 2 is 1.95 bits per heavy atom. The summed E-state index contributed by atoms with van der Waals surface area (Å²) in [5.41, 5.74) is 5.79. The van der Waals surface area contributed by atoms with E-state index in [0.717, 1.165) is 7.11 Å². The number of carbonyl (C=O) groups excluding carboxylic acids is 3. The Bertz CT molecular complexity index is 369. The second kappa shape index (κ2) is 6.51. The third-order valence-corrected chi connectivity index (χ3v) is 3.16. The molecule has 1 rings (SSSR count). The van der Waals surface area contributed by atoms with E-state index in [2.05, 4.69) is 9.47 Å². The highest BCUT2D eigenvalue weighted by atomic mass is 16.7. The Kier molecular flexibility index (Phi) is 5.29. The molecule has 0 spiro atoms. The predicted octanol–water partition coefficient (Wildman–Crippen LogP) is 0.270. The van der Waals surface area contributed by atoms with E-state index in [-0.39, 0.29) is 11.8 Å². The number of likely N-dealkylation sites (tertiary alicyclic amines) is 1. The molecule has 0 aliphatic carbocycles. The highest BCUT2D eigenvalue weighted by molar-refractivity contribution is 5.91. The number of nitrogens with two attached hydrogens (primary N) is 1. The first kappa shape index (κ1) is 15.4. The summed E-state index contributed by atoms with van der Waals surface area (Å²) in [5.74, 6) is -1.08. The maximum atomic E-state index is 12.1. The van der Waals surface area contributed by atoms with Crippen LogP contribution in [0.3, 0.4) is 0 Å². The molecule has 1 amide bonds. The standard InChI is InChI=1S/C12H20N2O5/c1-7(2)9(13)10(15)14-6-4-5-8(14)11(16)19-12(17)18-3/h7-9H,4-6,13H2,1-3H3/t8-,9-/m0/s1. The summed E-state index contributed by atoms with van der Waals surface area (Å²) in [6.07, 6.45) is 0.0709. The van der Waals surface area contributed by atoms with E-state index in [9.17, 15) is 14.4 Å². The molecule has 1 saturated heterocycles. The van der Waals surface area contributed by atoms with Crippen molar-refractivity contribution in [2.24, 2.45) is 11.7 Å².